The standard InChI is InChI=1S/C32H33Cl2N3O3S/c1-3-4-28(38)35-17-19-36(20-18-35)31(40)32(41-27-15-5-22(2)6-16-27)21-29(39)37(26-13-11-25(34)12-14-26)30(32)23-7-9-24(33)10-8-23/h5-16,30H,3-4,17-21H2,1-2H3. The Bertz CT molecular complexity index is 1410. The lowest BCUT2D eigenvalue weighted by Gasteiger charge is -2.42. The number of benzene rings is 3. The summed E-state index contributed by atoms with van der Waals surface area (Å²) in [6.45, 7) is 5.82. The van der Waals surface area contributed by atoms with E-state index in [0.717, 1.165) is 22.4 Å². The summed E-state index contributed by atoms with van der Waals surface area (Å²) in [7, 11) is 0. The molecule has 0 N–H and O–H groups in total. The van der Waals surface area contributed by atoms with Gasteiger partial charge >= 0.3 is 0 Å². The van der Waals surface area contributed by atoms with Crippen LogP contribution in [0.25, 0.3) is 0 Å². The van der Waals surface area contributed by atoms with Crippen molar-refractivity contribution in [3.05, 3.63) is 94.0 Å². The maximum Gasteiger partial charge on any atom is 0.242 e. The molecule has 3 aromatic carbocycles. The van der Waals surface area contributed by atoms with Crippen molar-refractivity contribution >= 4 is 58.4 Å². The van der Waals surface area contributed by atoms with Crippen LogP contribution in [0.1, 0.15) is 43.4 Å². The third-order valence-electron chi connectivity index (χ3n) is 7.74. The number of carbonyl (C=O) groups is 3. The van der Waals surface area contributed by atoms with Crippen LogP contribution < -0.4 is 4.90 Å². The third kappa shape index (κ3) is 6.13. The molecule has 0 radical (unpaired) electrons. The highest BCUT2D eigenvalue weighted by molar-refractivity contribution is 8.01. The van der Waals surface area contributed by atoms with Crippen LogP contribution in [0.5, 0.6) is 0 Å². The van der Waals surface area contributed by atoms with E-state index in [1.54, 1.807) is 29.2 Å². The van der Waals surface area contributed by atoms with E-state index >= 15 is 0 Å². The molecular formula is C32H33Cl2N3O3S. The first-order valence-corrected chi connectivity index (χ1v) is 15.4. The van der Waals surface area contributed by atoms with Gasteiger partial charge in [0.1, 0.15) is 4.75 Å². The van der Waals surface area contributed by atoms with Crippen LogP contribution in [0, 0.1) is 6.92 Å². The van der Waals surface area contributed by atoms with E-state index in [4.69, 9.17) is 23.2 Å². The smallest absolute Gasteiger partial charge is 0.242 e. The van der Waals surface area contributed by atoms with Crippen LogP contribution >= 0.6 is 35.0 Å². The van der Waals surface area contributed by atoms with Gasteiger partial charge in [-0.1, -0.05) is 60.0 Å². The molecule has 2 heterocycles. The number of rotatable bonds is 7. The van der Waals surface area contributed by atoms with E-state index in [1.807, 2.05) is 72.2 Å². The van der Waals surface area contributed by atoms with Gasteiger partial charge < -0.3 is 14.7 Å². The van der Waals surface area contributed by atoms with Gasteiger partial charge in [0.15, 0.2) is 0 Å². The van der Waals surface area contributed by atoms with Gasteiger partial charge in [-0.15, -0.1) is 11.8 Å². The number of piperazine rings is 1. The van der Waals surface area contributed by atoms with Gasteiger partial charge in [-0.3, -0.25) is 14.4 Å². The van der Waals surface area contributed by atoms with Crippen molar-refractivity contribution in [2.75, 3.05) is 31.1 Å². The first kappa shape index (κ1) is 29.5. The van der Waals surface area contributed by atoms with E-state index in [0.29, 0.717) is 48.3 Å². The zero-order valence-electron chi connectivity index (χ0n) is 23.2. The highest BCUT2D eigenvalue weighted by atomic mass is 35.5. The van der Waals surface area contributed by atoms with E-state index < -0.39 is 10.8 Å². The maximum atomic E-state index is 14.8. The van der Waals surface area contributed by atoms with Crippen LogP contribution in [0.2, 0.25) is 10.0 Å². The van der Waals surface area contributed by atoms with Crippen molar-refractivity contribution in [3.63, 3.8) is 0 Å². The first-order chi connectivity index (χ1) is 19.7. The number of carbonyl (C=O) groups excluding carboxylic acids is 3. The third-order valence-corrected chi connectivity index (χ3v) is 9.66. The van der Waals surface area contributed by atoms with Gasteiger partial charge in [0, 0.05) is 53.2 Å². The van der Waals surface area contributed by atoms with Gasteiger partial charge in [-0.2, -0.15) is 0 Å². The molecular weight excluding hydrogens is 577 g/mol. The molecule has 41 heavy (non-hydrogen) atoms. The monoisotopic (exact) mass is 609 g/mol. The second-order valence-electron chi connectivity index (χ2n) is 10.6. The minimum absolute atomic E-state index is 0.0231. The summed E-state index contributed by atoms with van der Waals surface area (Å²) in [6.07, 6.45) is 1.32. The molecule has 2 fully saturated rings. The SMILES string of the molecule is CCCC(=O)N1CCN(C(=O)C2(Sc3ccc(C)cc3)CC(=O)N(c3ccc(Cl)cc3)C2c2ccc(Cl)cc2)CC1. The molecule has 9 heteroatoms. The topological polar surface area (TPSA) is 60.9 Å². The number of hydrogen-bond donors (Lipinski definition) is 0. The highest BCUT2D eigenvalue weighted by Gasteiger charge is 2.59. The Hall–Kier alpha value is -3.00. The molecule has 2 atom stereocenters. The fraction of sp³-hybridized carbons (Fsp3) is 0.344. The average Bonchev–Trinajstić information content (AvgIpc) is 3.27. The molecule has 6 nitrogen and oxygen atoms in total. The minimum Gasteiger partial charge on any atom is -0.339 e. The number of hydrogen-bond acceptors (Lipinski definition) is 4. The second-order valence-corrected chi connectivity index (χ2v) is 12.9. The van der Waals surface area contributed by atoms with E-state index in [-0.39, 0.29) is 24.1 Å². The largest absolute Gasteiger partial charge is 0.339 e. The fourth-order valence-electron chi connectivity index (χ4n) is 5.66. The Morgan fingerprint density at radius 3 is 2.00 bits per heavy atom. The predicted molar refractivity (Wildman–Crippen MR) is 166 cm³/mol. The van der Waals surface area contributed by atoms with Crippen molar-refractivity contribution in [1.29, 1.82) is 0 Å². The lowest BCUT2D eigenvalue weighted by molar-refractivity contribution is -0.141. The quantitative estimate of drug-likeness (QED) is 0.296. The van der Waals surface area contributed by atoms with Gasteiger partial charge in [0.2, 0.25) is 17.7 Å². The lowest BCUT2D eigenvalue weighted by Crippen LogP contribution is -2.57. The molecule has 3 amide bonds. The lowest BCUT2D eigenvalue weighted by atomic mass is 9.90. The summed E-state index contributed by atoms with van der Waals surface area (Å²) in [6, 6.07) is 22.0. The molecule has 0 spiro atoms. The minimum atomic E-state index is -1.16. The Kier molecular flexibility index (Phi) is 8.97. The Balaban J connectivity index is 1.59. The summed E-state index contributed by atoms with van der Waals surface area (Å²) in [5.74, 6) is -0.125. The van der Waals surface area contributed by atoms with Crippen molar-refractivity contribution in [2.24, 2.45) is 0 Å². The zero-order chi connectivity index (χ0) is 29.1. The molecule has 2 unspecified atom stereocenters. The molecule has 214 valence electrons. The summed E-state index contributed by atoms with van der Waals surface area (Å²) in [5.41, 5.74) is 2.61. The Morgan fingerprint density at radius 2 is 1.41 bits per heavy atom. The van der Waals surface area contributed by atoms with E-state index in [2.05, 4.69) is 0 Å². The number of nitrogens with zero attached hydrogens (tertiary/aromatic N) is 3. The summed E-state index contributed by atoms with van der Waals surface area (Å²) in [5, 5.41) is 1.14. The normalized spacial score (nSPS) is 20.9. The fourth-order valence-corrected chi connectivity index (χ4v) is 7.37. The summed E-state index contributed by atoms with van der Waals surface area (Å²) in [4.78, 5) is 47.7. The molecule has 0 saturated carbocycles. The molecule has 3 aromatic rings. The van der Waals surface area contributed by atoms with Crippen LogP contribution in [-0.2, 0) is 14.4 Å². The second kappa shape index (κ2) is 12.5. The molecule has 2 aliphatic heterocycles. The van der Waals surface area contributed by atoms with Gasteiger partial charge in [0.25, 0.3) is 0 Å². The van der Waals surface area contributed by atoms with Crippen molar-refractivity contribution < 1.29 is 14.4 Å². The predicted octanol–water partition coefficient (Wildman–Crippen LogP) is 6.78. The van der Waals surface area contributed by atoms with Crippen LogP contribution in [0.4, 0.5) is 5.69 Å². The van der Waals surface area contributed by atoms with Crippen LogP contribution in [0.15, 0.2) is 77.7 Å². The van der Waals surface area contributed by atoms with Gasteiger partial charge in [-0.25, -0.2) is 0 Å². The van der Waals surface area contributed by atoms with Crippen LogP contribution in [-0.4, -0.2) is 58.4 Å². The van der Waals surface area contributed by atoms with E-state index in [9.17, 15) is 14.4 Å². The summed E-state index contributed by atoms with van der Waals surface area (Å²) < 4.78 is -1.16. The number of amides is 3. The molecule has 5 rings (SSSR count). The maximum absolute atomic E-state index is 14.8. The van der Waals surface area contributed by atoms with Gasteiger partial charge in [-0.05, 0) is 67.4 Å². The molecule has 2 aliphatic rings. The zero-order valence-corrected chi connectivity index (χ0v) is 25.5. The first-order valence-electron chi connectivity index (χ1n) is 13.9. The molecule has 0 bridgehead atoms. The number of thioether (sulfide) groups is 1. The number of halogens is 2. The van der Waals surface area contributed by atoms with E-state index in [1.165, 1.54) is 11.8 Å². The van der Waals surface area contributed by atoms with Crippen molar-refractivity contribution in [2.45, 2.75) is 48.8 Å². The number of aryl methyl sites for hydroxylation is 1. The van der Waals surface area contributed by atoms with Crippen molar-refractivity contribution in [1.82, 2.24) is 9.80 Å². The average molecular weight is 611 g/mol. The van der Waals surface area contributed by atoms with Crippen molar-refractivity contribution in [3.8, 4) is 0 Å². The molecule has 2 saturated heterocycles. The van der Waals surface area contributed by atoms with Crippen LogP contribution in [0.3, 0.4) is 0 Å². The number of anilines is 1. The highest BCUT2D eigenvalue weighted by Crippen LogP contribution is 2.55. The molecule has 0 aromatic heterocycles. The van der Waals surface area contributed by atoms with Gasteiger partial charge in [0.05, 0.1) is 12.5 Å². The Labute approximate surface area is 255 Å². The Morgan fingerprint density at radius 1 is 0.854 bits per heavy atom. The molecule has 0 aliphatic carbocycles. The summed E-state index contributed by atoms with van der Waals surface area (Å²) >= 11 is 13.9.